The van der Waals surface area contributed by atoms with Crippen LogP contribution in [-0.2, 0) is 15.2 Å². The highest BCUT2D eigenvalue weighted by Crippen LogP contribution is 2.15. The lowest BCUT2D eigenvalue weighted by atomic mass is 10.2. The highest BCUT2D eigenvalue weighted by atomic mass is 32.2. The Morgan fingerprint density at radius 2 is 1.72 bits per heavy atom. The number of hydrogen-bond acceptors (Lipinski definition) is 3. The van der Waals surface area contributed by atoms with Gasteiger partial charge in [0.1, 0.15) is 0 Å². The molecule has 0 bridgehead atoms. The molecule has 0 saturated carbocycles. The van der Waals surface area contributed by atoms with Crippen molar-refractivity contribution in [2.24, 2.45) is 0 Å². The summed E-state index contributed by atoms with van der Waals surface area (Å²) in [6, 6.07) is 10.6. The van der Waals surface area contributed by atoms with Crippen LogP contribution in [0, 0.1) is 0 Å². The van der Waals surface area contributed by atoms with Crippen LogP contribution < -0.4 is 0 Å². The second kappa shape index (κ2) is 10.4. The topological polar surface area (TPSA) is 18.5 Å². The van der Waals surface area contributed by atoms with Gasteiger partial charge in [-0.2, -0.15) is 11.8 Å². The van der Waals surface area contributed by atoms with Gasteiger partial charge in [-0.15, -0.1) is 0 Å². The summed E-state index contributed by atoms with van der Waals surface area (Å²) < 4.78 is 11.0. The molecule has 0 aliphatic carbocycles. The molecule has 0 heterocycles. The number of rotatable bonds is 10. The molecule has 0 fully saturated rings. The highest BCUT2D eigenvalue weighted by molar-refractivity contribution is 7.98. The first-order valence-corrected chi connectivity index (χ1v) is 7.87. The van der Waals surface area contributed by atoms with Gasteiger partial charge in [0, 0.05) is 19.0 Å². The quantitative estimate of drug-likeness (QED) is 0.470. The van der Waals surface area contributed by atoms with Crippen molar-refractivity contribution in [3.05, 3.63) is 35.9 Å². The third-order valence-corrected chi connectivity index (χ3v) is 3.66. The van der Waals surface area contributed by atoms with Crippen molar-refractivity contribution >= 4 is 11.8 Å². The van der Waals surface area contributed by atoms with Gasteiger partial charge >= 0.3 is 0 Å². The zero-order chi connectivity index (χ0) is 13.1. The monoisotopic (exact) mass is 268 g/mol. The minimum Gasteiger partial charge on any atom is -0.353 e. The highest BCUT2D eigenvalue weighted by Gasteiger charge is 2.06. The van der Waals surface area contributed by atoms with E-state index in [2.05, 4.69) is 30.3 Å². The van der Waals surface area contributed by atoms with Crippen LogP contribution in [0.2, 0.25) is 0 Å². The van der Waals surface area contributed by atoms with Gasteiger partial charge in [-0.25, -0.2) is 0 Å². The predicted molar refractivity (Wildman–Crippen MR) is 78.9 cm³/mol. The van der Waals surface area contributed by atoms with E-state index >= 15 is 0 Å². The van der Waals surface area contributed by atoms with Crippen LogP contribution >= 0.6 is 11.8 Å². The van der Waals surface area contributed by atoms with Gasteiger partial charge in [-0.3, -0.25) is 0 Å². The lowest BCUT2D eigenvalue weighted by molar-refractivity contribution is -0.139. The molecule has 0 N–H and O–H groups in total. The molecule has 1 aromatic rings. The van der Waals surface area contributed by atoms with Crippen molar-refractivity contribution in [1.29, 1.82) is 0 Å². The Kier molecular flexibility index (Phi) is 9.00. The minimum atomic E-state index is -0.0164. The van der Waals surface area contributed by atoms with Gasteiger partial charge in [0.2, 0.25) is 0 Å². The van der Waals surface area contributed by atoms with Gasteiger partial charge in [0.25, 0.3) is 0 Å². The Hall–Kier alpha value is -0.510. The molecule has 0 atom stereocenters. The van der Waals surface area contributed by atoms with E-state index < -0.39 is 0 Å². The van der Waals surface area contributed by atoms with Gasteiger partial charge < -0.3 is 9.47 Å². The summed E-state index contributed by atoms with van der Waals surface area (Å²) in [6.45, 7) is 5.47. The Morgan fingerprint density at radius 3 is 2.33 bits per heavy atom. The normalized spacial score (nSPS) is 11.1. The summed E-state index contributed by atoms with van der Waals surface area (Å²) in [7, 11) is 0. The summed E-state index contributed by atoms with van der Waals surface area (Å²) in [6.07, 6.45) is 2.11. The van der Waals surface area contributed by atoms with Crippen molar-refractivity contribution in [3.63, 3.8) is 0 Å². The minimum absolute atomic E-state index is 0.0164. The van der Waals surface area contributed by atoms with Crippen LogP contribution in [0.15, 0.2) is 30.3 Å². The van der Waals surface area contributed by atoms with E-state index in [1.807, 2.05) is 25.6 Å². The van der Waals surface area contributed by atoms with E-state index in [1.165, 1.54) is 5.56 Å². The van der Waals surface area contributed by atoms with E-state index in [9.17, 15) is 0 Å². The molecule has 18 heavy (non-hydrogen) atoms. The Morgan fingerprint density at radius 1 is 1.06 bits per heavy atom. The fourth-order valence-corrected chi connectivity index (χ4v) is 2.65. The molecular formula is C15H24O2S. The first-order chi connectivity index (χ1) is 8.86. The molecule has 102 valence electrons. The van der Waals surface area contributed by atoms with Crippen molar-refractivity contribution in [2.45, 2.75) is 38.7 Å². The molecule has 0 amide bonds. The molecule has 0 aliphatic heterocycles. The van der Waals surface area contributed by atoms with Gasteiger partial charge in [0.15, 0.2) is 6.29 Å². The number of ether oxygens (including phenoxy) is 2. The molecule has 0 unspecified atom stereocenters. The fraction of sp³-hybridized carbons (Fsp3) is 0.600. The van der Waals surface area contributed by atoms with Crippen LogP contribution in [0.3, 0.4) is 0 Å². The van der Waals surface area contributed by atoms with E-state index in [-0.39, 0.29) is 6.29 Å². The van der Waals surface area contributed by atoms with Crippen molar-refractivity contribution in [2.75, 3.05) is 19.0 Å². The third-order valence-electron chi connectivity index (χ3n) is 2.55. The Bertz CT molecular complexity index is 284. The van der Waals surface area contributed by atoms with Crippen molar-refractivity contribution in [1.82, 2.24) is 0 Å². The van der Waals surface area contributed by atoms with E-state index in [0.717, 1.165) is 37.6 Å². The number of benzene rings is 1. The Labute approximate surface area is 115 Å². The maximum Gasteiger partial charge on any atom is 0.157 e. The van der Waals surface area contributed by atoms with E-state index in [1.54, 1.807) is 0 Å². The van der Waals surface area contributed by atoms with Crippen LogP contribution in [0.5, 0.6) is 0 Å². The molecule has 0 spiro atoms. The lowest BCUT2D eigenvalue weighted by Crippen LogP contribution is -2.17. The first kappa shape index (κ1) is 15.5. The van der Waals surface area contributed by atoms with E-state index in [4.69, 9.17) is 9.47 Å². The van der Waals surface area contributed by atoms with Crippen LogP contribution in [-0.4, -0.2) is 25.3 Å². The van der Waals surface area contributed by atoms with Gasteiger partial charge in [-0.1, -0.05) is 30.3 Å². The summed E-state index contributed by atoms with van der Waals surface area (Å²) >= 11 is 1.97. The zero-order valence-corrected chi connectivity index (χ0v) is 12.2. The lowest BCUT2D eigenvalue weighted by Gasteiger charge is -2.16. The molecule has 1 rings (SSSR count). The van der Waals surface area contributed by atoms with Crippen LogP contribution in [0.25, 0.3) is 0 Å². The number of thioether (sulfide) groups is 1. The maximum absolute atomic E-state index is 5.52. The molecule has 0 aromatic heterocycles. The molecule has 3 heteroatoms. The van der Waals surface area contributed by atoms with Crippen molar-refractivity contribution < 1.29 is 9.47 Å². The van der Waals surface area contributed by atoms with Gasteiger partial charge in [0.05, 0.1) is 0 Å². The maximum atomic E-state index is 5.52. The smallest absolute Gasteiger partial charge is 0.157 e. The first-order valence-electron chi connectivity index (χ1n) is 6.71. The zero-order valence-electron chi connectivity index (χ0n) is 11.4. The Balaban J connectivity index is 2.06. The third kappa shape index (κ3) is 7.04. The molecule has 0 aliphatic rings. The summed E-state index contributed by atoms with van der Waals surface area (Å²) in [5.41, 5.74) is 1.40. The summed E-state index contributed by atoms with van der Waals surface area (Å²) in [5, 5.41) is 0. The standard InChI is InChI=1S/C15H24O2S/c1-3-16-15(17-4-2)11-8-12-18-13-14-9-6-5-7-10-14/h5-7,9-10,15H,3-4,8,11-13H2,1-2H3. The summed E-state index contributed by atoms with van der Waals surface area (Å²) in [4.78, 5) is 0. The second-order valence-electron chi connectivity index (χ2n) is 4.02. The van der Waals surface area contributed by atoms with Crippen LogP contribution in [0.1, 0.15) is 32.3 Å². The molecular weight excluding hydrogens is 244 g/mol. The average molecular weight is 268 g/mol. The van der Waals surface area contributed by atoms with Gasteiger partial charge in [-0.05, 0) is 38.0 Å². The van der Waals surface area contributed by atoms with Crippen LogP contribution in [0.4, 0.5) is 0 Å². The molecule has 0 saturated heterocycles. The fourth-order valence-electron chi connectivity index (χ4n) is 1.70. The van der Waals surface area contributed by atoms with E-state index in [0.29, 0.717) is 0 Å². The number of hydrogen-bond donors (Lipinski definition) is 0. The van der Waals surface area contributed by atoms with Crippen molar-refractivity contribution in [3.8, 4) is 0 Å². The molecule has 0 radical (unpaired) electrons. The SMILES string of the molecule is CCOC(CCCSCc1ccccc1)OCC. The largest absolute Gasteiger partial charge is 0.353 e. The molecule has 1 aromatic carbocycles. The second-order valence-corrected chi connectivity index (χ2v) is 5.13. The molecule has 2 nitrogen and oxygen atoms in total. The summed E-state index contributed by atoms with van der Waals surface area (Å²) in [5.74, 6) is 2.25. The predicted octanol–water partition coefficient (Wildman–Crippen LogP) is 4.10. The average Bonchev–Trinajstić information content (AvgIpc) is 2.40.